The Morgan fingerprint density at radius 2 is 1.27 bits per heavy atom. The van der Waals surface area contributed by atoms with Crippen molar-refractivity contribution in [2.75, 3.05) is 0 Å². The first-order valence-corrected chi connectivity index (χ1v) is 4.19. The quantitative estimate of drug-likeness (QED) is 0.662. The molecule has 11 heavy (non-hydrogen) atoms. The van der Waals surface area contributed by atoms with E-state index < -0.39 is 0 Å². The molecule has 0 bridgehead atoms. The fourth-order valence-corrected chi connectivity index (χ4v) is 1.30. The lowest BCUT2D eigenvalue weighted by Gasteiger charge is -2.20. The highest BCUT2D eigenvalue weighted by Gasteiger charge is 2.34. The van der Waals surface area contributed by atoms with Gasteiger partial charge in [0.15, 0.2) is 0 Å². The lowest BCUT2D eigenvalue weighted by Crippen LogP contribution is -2.31. The summed E-state index contributed by atoms with van der Waals surface area (Å²) in [6.45, 7) is 8.54. The van der Waals surface area contributed by atoms with Gasteiger partial charge in [-0.1, -0.05) is 33.3 Å². The molecule has 66 valence electrons. The zero-order valence-electron chi connectivity index (χ0n) is 7.63. The first kappa shape index (κ1) is 8.97. The first-order chi connectivity index (χ1) is 5.13. The monoisotopic (exact) mass is 159 g/mol. The van der Waals surface area contributed by atoms with E-state index in [0.29, 0.717) is 11.8 Å². The molecule has 0 aromatic heterocycles. The van der Waals surface area contributed by atoms with E-state index >= 15 is 0 Å². The normalized spacial score (nSPS) is 32.2. The van der Waals surface area contributed by atoms with Crippen LogP contribution >= 0.6 is 0 Å². The van der Waals surface area contributed by atoms with E-state index in [4.69, 9.17) is 9.68 Å². The Labute approximate surface area is 68.0 Å². The maximum atomic E-state index is 5.22. The van der Waals surface area contributed by atoms with Gasteiger partial charge in [-0.05, 0) is 11.8 Å². The third-order valence-electron chi connectivity index (χ3n) is 2.01. The summed E-state index contributed by atoms with van der Waals surface area (Å²) in [6, 6.07) is 0. The minimum Gasteiger partial charge on any atom is -0.270 e. The second-order valence-corrected chi connectivity index (χ2v) is 3.74. The van der Waals surface area contributed by atoms with Crippen LogP contribution in [0.4, 0.5) is 0 Å². The van der Waals surface area contributed by atoms with Gasteiger partial charge in [0.05, 0.1) is 0 Å². The first-order valence-electron chi connectivity index (χ1n) is 4.19. The molecule has 0 radical (unpaired) electrons. The van der Waals surface area contributed by atoms with Gasteiger partial charge in [-0.25, -0.2) is 0 Å². The van der Waals surface area contributed by atoms with E-state index in [1.54, 1.807) is 0 Å². The van der Waals surface area contributed by atoms with Gasteiger partial charge in [-0.2, -0.15) is 0 Å². The second kappa shape index (κ2) is 3.52. The molecule has 2 atom stereocenters. The summed E-state index contributed by atoms with van der Waals surface area (Å²) in [4.78, 5) is 10.4. The van der Waals surface area contributed by atoms with Gasteiger partial charge in [0, 0.05) is 0 Å². The predicted molar refractivity (Wildman–Crippen MR) is 42.6 cm³/mol. The van der Waals surface area contributed by atoms with Crippen molar-refractivity contribution >= 4 is 0 Å². The molecule has 0 aromatic rings. The molecule has 0 spiro atoms. The van der Waals surface area contributed by atoms with Gasteiger partial charge in [0.2, 0.25) is 0 Å². The fourth-order valence-electron chi connectivity index (χ4n) is 1.30. The van der Waals surface area contributed by atoms with E-state index in [9.17, 15) is 0 Å². The second-order valence-electron chi connectivity index (χ2n) is 3.74. The largest absolute Gasteiger partial charge is 0.270 e. The van der Waals surface area contributed by atoms with Crippen LogP contribution in [0.1, 0.15) is 27.7 Å². The Kier molecular flexibility index (Phi) is 2.87. The zero-order chi connectivity index (χ0) is 8.43. The summed E-state index contributed by atoms with van der Waals surface area (Å²) in [6.07, 6.45) is 0.380. The molecule has 0 aromatic carbocycles. The zero-order valence-corrected chi connectivity index (χ0v) is 7.63. The molecule has 1 aliphatic heterocycles. The van der Waals surface area contributed by atoms with Crippen molar-refractivity contribution in [3.05, 3.63) is 0 Å². The standard InChI is InChI=1S/C8H17NO2/c1-5(2)7-8(6(3)4)11-9-10-7/h5-9H,1-4H3. The van der Waals surface area contributed by atoms with Crippen LogP contribution < -0.4 is 5.64 Å². The van der Waals surface area contributed by atoms with Gasteiger partial charge in [-0.3, -0.25) is 9.68 Å². The van der Waals surface area contributed by atoms with Crippen LogP contribution in [0.25, 0.3) is 0 Å². The van der Waals surface area contributed by atoms with Gasteiger partial charge in [-0.15, -0.1) is 0 Å². The van der Waals surface area contributed by atoms with E-state index in [1.165, 1.54) is 0 Å². The summed E-state index contributed by atoms with van der Waals surface area (Å²) in [5.41, 5.74) is 2.49. The van der Waals surface area contributed by atoms with E-state index in [1.807, 2.05) is 0 Å². The average Bonchev–Trinajstić information content (AvgIpc) is 2.32. The summed E-state index contributed by atoms with van der Waals surface area (Å²) in [7, 11) is 0. The average molecular weight is 159 g/mol. The third kappa shape index (κ3) is 1.92. The van der Waals surface area contributed by atoms with Crippen molar-refractivity contribution in [1.29, 1.82) is 0 Å². The van der Waals surface area contributed by atoms with E-state index in [0.717, 1.165) is 0 Å². The molecule has 1 fully saturated rings. The molecule has 1 N–H and O–H groups in total. The number of rotatable bonds is 2. The van der Waals surface area contributed by atoms with Crippen LogP contribution in [0.5, 0.6) is 0 Å². The SMILES string of the molecule is CC(C)C1ONOC1C(C)C. The molecule has 0 saturated carbocycles. The van der Waals surface area contributed by atoms with Crippen molar-refractivity contribution in [3.8, 4) is 0 Å². The molecule has 3 heteroatoms. The van der Waals surface area contributed by atoms with Crippen LogP contribution in [0, 0.1) is 11.8 Å². The van der Waals surface area contributed by atoms with Gasteiger partial charge in [0.1, 0.15) is 12.2 Å². The number of hydrogen-bond donors (Lipinski definition) is 1. The molecule has 1 saturated heterocycles. The number of nitrogens with one attached hydrogen (secondary N) is 1. The lowest BCUT2D eigenvalue weighted by molar-refractivity contribution is -0.100. The van der Waals surface area contributed by atoms with Crippen LogP contribution in [0.15, 0.2) is 0 Å². The Morgan fingerprint density at radius 1 is 0.909 bits per heavy atom. The molecular weight excluding hydrogens is 142 g/mol. The molecule has 1 heterocycles. The fraction of sp³-hybridized carbons (Fsp3) is 1.00. The third-order valence-corrected chi connectivity index (χ3v) is 2.01. The molecule has 0 aliphatic carbocycles. The van der Waals surface area contributed by atoms with Crippen molar-refractivity contribution in [1.82, 2.24) is 5.64 Å². The van der Waals surface area contributed by atoms with Gasteiger partial charge >= 0.3 is 0 Å². The van der Waals surface area contributed by atoms with Crippen LogP contribution in [0.2, 0.25) is 0 Å². The lowest BCUT2D eigenvalue weighted by atomic mass is 9.94. The van der Waals surface area contributed by atoms with Crippen molar-refractivity contribution < 1.29 is 9.68 Å². The Hall–Kier alpha value is -0.120. The van der Waals surface area contributed by atoms with E-state index in [2.05, 4.69) is 33.3 Å². The smallest absolute Gasteiger partial charge is 0.112 e. The predicted octanol–water partition coefficient (Wildman–Crippen LogP) is 1.50. The Bertz CT molecular complexity index is 111. The highest BCUT2D eigenvalue weighted by Crippen LogP contribution is 2.22. The molecule has 2 unspecified atom stereocenters. The Morgan fingerprint density at radius 3 is 1.55 bits per heavy atom. The number of hydrogen-bond acceptors (Lipinski definition) is 3. The summed E-state index contributed by atoms with van der Waals surface area (Å²) in [5.74, 6) is 0.995. The summed E-state index contributed by atoms with van der Waals surface area (Å²) in [5, 5.41) is 0. The topological polar surface area (TPSA) is 30.5 Å². The maximum absolute atomic E-state index is 5.22. The molecule has 1 rings (SSSR count). The highest BCUT2D eigenvalue weighted by atomic mass is 16.9. The molecule has 3 nitrogen and oxygen atoms in total. The molecular formula is C8H17NO2. The van der Waals surface area contributed by atoms with E-state index in [-0.39, 0.29) is 12.2 Å². The van der Waals surface area contributed by atoms with Crippen LogP contribution in [-0.4, -0.2) is 12.2 Å². The molecule has 0 amide bonds. The Balaban J connectivity index is 2.51. The molecule has 1 aliphatic rings. The van der Waals surface area contributed by atoms with Crippen molar-refractivity contribution in [3.63, 3.8) is 0 Å². The minimum absolute atomic E-state index is 0.190. The van der Waals surface area contributed by atoms with Crippen LogP contribution in [-0.2, 0) is 9.68 Å². The van der Waals surface area contributed by atoms with Gasteiger partial charge in [0.25, 0.3) is 0 Å². The van der Waals surface area contributed by atoms with Crippen molar-refractivity contribution in [2.45, 2.75) is 39.9 Å². The summed E-state index contributed by atoms with van der Waals surface area (Å²) >= 11 is 0. The highest BCUT2D eigenvalue weighted by molar-refractivity contribution is 4.77. The minimum atomic E-state index is 0.190. The van der Waals surface area contributed by atoms with Crippen LogP contribution in [0.3, 0.4) is 0 Å². The van der Waals surface area contributed by atoms with Gasteiger partial charge < -0.3 is 0 Å². The summed E-state index contributed by atoms with van der Waals surface area (Å²) < 4.78 is 0. The maximum Gasteiger partial charge on any atom is 0.112 e. The van der Waals surface area contributed by atoms with Crippen molar-refractivity contribution in [2.24, 2.45) is 11.8 Å².